The standard InChI is InChI=1S/C6H24P10.6CH4/c1-3-11-4-14(8)6-15(12-7)5-13(2)16(9)10;;;;;;/h11-12H,3-10H2,1-2H3;6*1H4. The van der Waals surface area contributed by atoms with Crippen LogP contribution >= 0.6 is 82.1 Å². The van der Waals surface area contributed by atoms with Gasteiger partial charge in [0.2, 0.25) is 0 Å². The molecule has 0 heterocycles. The third kappa shape index (κ3) is 26.5. The van der Waals surface area contributed by atoms with Crippen molar-refractivity contribution < 1.29 is 0 Å². The van der Waals surface area contributed by atoms with Gasteiger partial charge in [0.15, 0.2) is 0 Å². The minimum atomic E-state index is 0. The van der Waals surface area contributed by atoms with E-state index in [0.29, 0.717) is 7.61 Å². The minimum Gasteiger partial charge on any atom is -0.118 e. The molecule has 0 amide bonds. The third-order valence-electron chi connectivity index (χ3n) is 1.87. The Hall–Kier alpha value is 4.30. The first-order valence-electron chi connectivity index (χ1n) is 4.93. The zero-order valence-electron chi connectivity index (χ0n) is 9.93. The van der Waals surface area contributed by atoms with Gasteiger partial charge in [-0.05, 0) is 37.5 Å². The van der Waals surface area contributed by atoms with Gasteiger partial charge in [-0.25, -0.2) is 0 Å². The Labute approximate surface area is 163 Å². The van der Waals surface area contributed by atoms with Crippen LogP contribution in [0, 0.1) is 0 Å². The van der Waals surface area contributed by atoms with Crippen molar-refractivity contribution in [3.63, 3.8) is 0 Å². The molecule has 0 aliphatic rings. The van der Waals surface area contributed by atoms with E-state index in [1.54, 1.807) is 11.8 Å². The fourth-order valence-electron chi connectivity index (χ4n) is 0.971. The van der Waals surface area contributed by atoms with Crippen molar-refractivity contribution in [1.29, 1.82) is 0 Å². The highest BCUT2D eigenvalue weighted by atomic mass is 32.7. The van der Waals surface area contributed by atoms with Crippen LogP contribution in [0.3, 0.4) is 0 Å². The van der Waals surface area contributed by atoms with Gasteiger partial charge in [0, 0.05) is 0 Å². The average Bonchev–Trinajstić information content (AvgIpc) is 2.24. The highest BCUT2D eigenvalue weighted by Crippen LogP contribution is 2.83. The number of hydrogen-bond acceptors (Lipinski definition) is 0. The van der Waals surface area contributed by atoms with E-state index in [9.17, 15) is 0 Å². The zero-order valence-corrected chi connectivity index (χ0v) is 20.1. The molecule has 0 aromatic rings. The molecular formula is C12H48P10. The molecule has 0 saturated carbocycles. The second-order valence-electron chi connectivity index (χ2n) is 3.34. The highest BCUT2D eigenvalue weighted by Gasteiger charge is 2.16. The van der Waals surface area contributed by atoms with Crippen LogP contribution in [-0.4, -0.2) is 30.5 Å². The predicted octanol–water partition coefficient (Wildman–Crippen LogP) is 10.6. The lowest BCUT2D eigenvalue weighted by Crippen LogP contribution is -1.81. The SMILES string of the molecule is C.C.C.C.C.C.CCPCP(P)CP(CP(C)P(P)P)PP. The molecule has 22 heavy (non-hydrogen) atoms. The molecule has 146 valence electrons. The Bertz CT molecular complexity index is 170. The van der Waals surface area contributed by atoms with E-state index in [2.05, 4.69) is 49.3 Å². The van der Waals surface area contributed by atoms with E-state index in [1.165, 1.54) is 20.6 Å². The summed E-state index contributed by atoms with van der Waals surface area (Å²) in [6.07, 6.45) is 1.39. The molecule has 0 rings (SSSR count). The second-order valence-corrected chi connectivity index (χ2v) is 31.0. The van der Waals surface area contributed by atoms with E-state index in [1.807, 2.05) is 0 Å². The molecule has 0 aliphatic heterocycles. The van der Waals surface area contributed by atoms with Crippen LogP contribution in [0.2, 0.25) is 0 Å². The number of rotatable bonds is 9. The Morgan fingerprint density at radius 2 is 1.32 bits per heavy atom. The van der Waals surface area contributed by atoms with E-state index in [4.69, 9.17) is 0 Å². The first-order chi connectivity index (χ1) is 7.51. The molecule has 9 unspecified atom stereocenters. The van der Waals surface area contributed by atoms with Crippen LogP contribution in [0.25, 0.3) is 0 Å². The summed E-state index contributed by atoms with van der Waals surface area (Å²) in [6.45, 7) is 4.98. The van der Waals surface area contributed by atoms with Gasteiger partial charge in [0.05, 0.1) is 0 Å². The fourth-order valence-corrected chi connectivity index (χ4v) is 32.0. The molecule has 0 N–H and O–H groups in total. The maximum Gasteiger partial charge on any atom is -0.00357 e. The van der Waals surface area contributed by atoms with Crippen LogP contribution in [0.1, 0.15) is 51.5 Å². The largest absolute Gasteiger partial charge is 0.118 e. The van der Waals surface area contributed by atoms with E-state index in [0.717, 1.165) is 7.96 Å². The van der Waals surface area contributed by atoms with Gasteiger partial charge in [-0.2, -0.15) is 0 Å². The highest BCUT2D eigenvalue weighted by molar-refractivity contribution is 8.73. The van der Waals surface area contributed by atoms with E-state index < -0.39 is 0 Å². The lowest BCUT2D eigenvalue weighted by molar-refractivity contribution is 1.51. The van der Waals surface area contributed by atoms with Crippen LogP contribution in [0.5, 0.6) is 0 Å². The first kappa shape index (κ1) is 45.2. The molecule has 0 spiro atoms. The van der Waals surface area contributed by atoms with Gasteiger partial charge in [-0.3, -0.25) is 0 Å². The van der Waals surface area contributed by atoms with Crippen molar-refractivity contribution in [1.82, 2.24) is 0 Å². The maximum atomic E-state index is 3.15. The molecule has 0 saturated heterocycles. The summed E-state index contributed by atoms with van der Waals surface area (Å²) in [5.41, 5.74) is 0. The maximum absolute atomic E-state index is 3.15. The average molecular weight is 502 g/mol. The summed E-state index contributed by atoms with van der Waals surface area (Å²) in [5, 5.41) is 0. The van der Waals surface area contributed by atoms with Crippen LogP contribution in [0.4, 0.5) is 0 Å². The molecule has 0 aromatic carbocycles. The predicted molar refractivity (Wildman–Crippen MR) is 155 cm³/mol. The lowest BCUT2D eigenvalue weighted by Gasteiger charge is -2.25. The summed E-state index contributed by atoms with van der Waals surface area (Å²) in [4.78, 5) is 0. The molecule has 0 nitrogen and oxygen atoms in total. The van der Waals surface area contributed by atoms with Crippen molar-refractivity contribution in [3.8, 4) is 0 Å². The van der Waals surface area contributed by atoms with Crippen LogP contribution < -0.4 is 0 Å². The van der Waals surface area contributed by atoms with Crippen LogP contribution in [0.15, 0.2) is 0 Å². The van der Waals surface area contributed by atoms with Gasteiger partial charge >= 0.3 is 0 Å². The minimum absolute atomic E-state index is 0. The Morgan fingerprint density at radius 1 is 0.864 bits per heavy atom. The van der Waals surface area contributed by atoms with Gasteiger partial charge < -0.3 is 0 Å². The number of hydrogen-bond donors (Lipinski definition) is 0. The van der Waals surface area contributed by atoms with Crippen molar-refractivity contribution >= 4 is 82.1 Å². The first-order valence-corrected chi connectivity index (χ1v) is 22.3. The van der Waals surface area contributed by atoms with Gasteiger partial charge in [-0.1, -0.05) is 82.3 Å². The monoisotopic (exact) mass is 502 g/mol. The third-order valence-corrected chi connectivity index (χ3v) is 32.5. The normalized spacial score (nSPS) is 13.8. The summed E-state index contributed by atoms with van der Waals surface area (Å²) in [5.74, 6) is 4.60. The van der Waals surface area contributed by atoms with Gasteiger partial charge in [-0.15, -0.1) is 44.3 Å². The molecule has 10 heteroatoms. The summed E-state index contributed by atoms with van der Waals surface area (Å²) in [7, 11) is 15.4. The van der Waals surface area contributed by atoms with Crippen molar-refractivity contribution in [2.75, 3.05) is 30.5 Å². The van der Waals surface area contributed by atoms with Crippen molar-refractivity contribution in [3.05, 3.63) is 0 Å². The molecule has 0 fully saturated rings. The van der Waals surface area contributed by atoms with Crippen molar-refractivity contribution in [2.24, 2.45) is 0 Å². The quantitative estimate of drug-likeness (QED) is 0.275. The van der Waals surface area contributed by atoms with Crippen molar-refractivity contribution in [2.45, 2.75) is 51.5 Å². The van der Waals surface area contributed by atoms with E-state index in [-0.39, 0.29) is 66.8 Å². The van der Waals surface area contributed by atoms with E-state index >= 15 is 0 Å². The van der Waals surface area contributed by atoms with Crippen LogP contribution in [-0.2, 0) is 0 Å². The zero-order chi connectivity index (χ0) is 12.6. The molecule has 9 atom stereocenters. The molecule has 0 bridgehead atoms. The lowest BCUT2D eigenvalue weighted by atomic mass is 11.0. The van der Waals surface area contributed by atoms with Gasteiger partial charge in [0.1, 0.15) is 0 Å². The fraction of sp³-hybridized carbons (Fsp3) is 1.00. The van der Waals surface area contributed by atoms with Gasteiger partial charge in [0.25, 0.3) is 0 Å². The molecule has 0 aliphatic carbocycles. The summed E-state index contributed by atoms with van der Waals surface area (Å²) in [6, 6.07) is 0. The molecular weight excluding hydrogens is 454 g/mol. The summed E-state index contributed by atoms with van der Waals surface area (Å²) < 4.78 is 0. The topological polar surface area (TPSA) is 0 Å². The Kier molecular flexibility index (Phi) is 61.7. The Balaban J connectivity index is -0.0000000750. The Morgan fingerprint density at radius 3 is 1.64 bits per heavy atom. The molecule has 0 aromatic heterocycles. The second kappa shape index (κ2) is 30.0. The summed E-state index contributed by atoms with van der Waals surface area (Å²) >= 11 is 0. The molecule has 0 radical (unpaired) electrons. The smallest absolute Gasteiger partial charge is 0.00357 e.